The van der Waals surface area contributed by atoms with E-state index in [2.05, 4.69) is 13.2 Å². The van der Waals surface area contributed by atoms with E-state index in [9.17, 15) is 14.4 Å². The summed E-state index contributed by atoms with van der Waals surface area (Å²) in [6, 6.07) is 6.98. The van der Waals surface area contributed by atoms with Crippen molar-refractivity contribution < 1.29 is 14.4 Å². The van der Waals surface area contributed by atoms with Gasteiger partial charge in [0.15, 0.2) is 0 Å². The zero-order chi connectivity index (χ0) is 16.8. The predicted molar refractivity (Wildman–Crippen MR) is 91.1 cm³/mol. The quantitative estimate of drug-likeness (QED) is 0.721. The Labute approximate surface area is 139 Å². The van der Waals surface area contributed by atoms with Gasteiger partial charge in [0, 0.05) is 18.7 Å². The minimum absolute atomic E-state index is 0.139. The normalized spacial score (nSPS) is 14.0. The number of benzene rings is 1. The summed E-state index contributed by atoms with van der Waals surface area (Å²) in [7, 11) is 0. The second-order valence-electron chi connectivity index (χ2n) is 5.02. The smallest absolute Gasteiger partial charge is 0.289 e. The molecular weight excluding hydrogens is 312 g/mol. The molecule has 1 saturated heterocycles. The van der Waals surface area contributed by atoms with Crippen LogP contribution in [0.1, 0.15) is 15.9 Å². The molecule has 120 valence electrons. The maximum absolute atomic E-state index is 12.5. The molecule has 1 heterocycles. The van der Waals surface area contributed by atoms with Gasteiger partial charge in [0.1, 0.15) is 0 Å². The molecule has 0 bridgehead atoms. The fourth-order valence-electron chi connectivity index (χ4n) is 2.25. The summed E-state index contributed by atoms with van der Waals surface area (Å²) in [6.45, 7) is 8.34. The zero-order valence-electron chi connectivity index (χ0n) is 12.7. The second-order valence-corrected chi connectivity index (χ2v) is 5.95. The van der Waals surface area contributed by atoms with Crippen LogP contribution in [-0.4, -0.2) is 45.7 Å². The number of carbonyl (C=O) groups is 3. The Kier molecular flexibility index (Phi) is 5.76. The van der Waals surface area contributed by atoms with E-state index in [0.717, 1.165) is 17.3 Å². The highest BCUT2D eigenvalue weighted by Crippen LogP contribution is 2.21. The number of hydrogen-bond donors (Lipinski definition) is 0. The lowest BCUT2D eigenvalue weighted by molar-refractivity contribution is -0.125. The SMILES string of the molecule is C=CCN(CC=C)C(=O)c1cccc(CN2C(=O)CSC2=O)c1. The van der Waals surface area contributed by atoms with Gasteiger partial charge in [0.05, 0.1) is 12.3 Å². The molecule has 1 fully saturated rings. The number of thioether (sulfide) groups is 1. The third-order valence-electron chi connectivity index (χ3n) is 3.34. The first-order chi connectivity index (χ1) is 11.1. The topological polar surface area (TPSA) is 57.7 Å². The van der Waals surface area contributed by atoms with Crippen molar-refractivity contribution in [1.82, 2.24) is 9.80 Å². The summed E-state index contributed by atoms with van der Waals surface area (Å²) in [5.74, 6) is -0.152. The molecule has 1 aromatic carbocycles. The van der Waals surface area contributed by atoms with E-state index in [0.29, 0.717) is 18.7 Å². The Hall–Kier alpha value is -2.34. The van der Waals surface area contributed by atoms with E-state index in [-0.39, 0.29) is 29.4 Å². The van der Waals surface area contributed by atoms with E-state index in [1.165, 1.54) is 4.90 Å². The molecule has 0 radical (unpaired) electrons. The molecule has 23 heavy (non-hydrogen) atoms. The minimum Gasteiger partial charge on any atom is -0.331 e. The molecule has 1 aromatic rings. The first-order valence-corrected chi connectivity index (χ1v) is 8.12. The van der Waals surface area contributed by atoms with E-state index < -0.39 is 0 Å². The van der Waals surface area contributed by atoms with Gasteiger partial charge in [-0.25, -0.2) is 0 Å². The zero-order valence-corrected chi connectivity index (χ0v) is 13.6. The van der Waals surface area contributed by atoms with Crippen molar-refractivity contribution in [3.63, 3.8) is 0 Å². The van der Waals surface area contributed by atoms with Crippen molar-refractivity contribution in [3.8, 4) is 0 Å². The average molecular weight is 330 g/mol. The molecule has 2 rings (SSSR count). The molecule has 0 saturated carbocycles. The summed E-state index contributed by atoms with van der Waals surface area (Å²) in [5.41, 5.74) is 1.26. The summed E-state index contributed by atoms with van der Waals surface area (Å²) in [6.07, 6.45) is 3.31. The highest BCUT2D eigenvalue weighted by Gasteiger charge is 2.29. The predicted octanol–water partition coefficient (Wildman–Crippen LogP) is 2.70. The van der Waals surface area contributed by atoms with Crippen molar-refractivity contribution in [2.45, 2.75) is 6.54 Å². The number of imide groups is 1. The molecular formula is C17H18N2O3S. The van der Waals surface area contributed by atoms with Gasteiger partial charge >= 0.3 is 0 Å². The lowest BCUT2D eigenvalue weighted by Crippen LogP contribution is -2.31. The Bertz CT molecular complexity index is 631. The van der Waals surface area contributed by atoms with Gasteiger partial charge in [0.25, 0.3) is 11.1 Å². The Morgan fingerprint density at radius 1 is 1.26 bits per heavy atom. The summed E-state index contributed by atoms with van der Waals surface area (Å²) >= 11 is 1.00. The Morgan fingerprint density at radius 2 is 1.96 bits per heavy atom. The average Bonchev–Trinajstić information content (AvgIpc) is 2.86. The van der Waals surface area contributed by atoms with Crippen LogP contribution in [-0.2, 0) is 11.3 Å². The molecule has 1 aliphatic heterocycles. The Morgan fingerprint density at radius 3 is 2.52 bits per heavy atom. The number of amides is 3. The maximum atomic E-state index is 12.5. The molecule has 0 aliphatic carbocycles. The molecule has 0 atom stereocenters. The highest BCUT2D eigenvalue weighted by molar-refractivity contribution is 8.14. The van der Waals surface area contributed by atoms with Crippen molar-refractivity contribution in [2.75, 3.05) is 18.8 Å². The number of nitrogens with zero attached hydrogens (tertiary/aromatic N) is 2. The largest absolute Gasteiger partial charge is 0.331 e. The molecule has 0 unspecified atom stereocenters. The van der Waals surface area contributed by atoms with E-state index in [4.69, 9.17) is 0 Å². The van der Waals surface area contributed by atoms with Crippen LogP contribution in [0.15, 0.2) is 49.6 Å². The lowest BCUT2D eigenvalue weighted by atomic mass is 10.1. The maximum Gasteiger partial charge on any atom is 0.289 e. The van der Waals surface area contributed by atoms with Gasteiger partial charge in [0.2, 0.25) is 5.91 Å². The van der Waals surface area contributed by atoms with Crippen LogP contribution in [0.25, 0.3) is 0 Å². The second kappa shape index (κ2) is 7.78. The third-order valence-corrected chi connectivity index (χ3v) is 4.20. The van der Waals surface area contributed by atoms with Crippen LogP contribution < -0.4 is 0 Å². The molecule has 0 spiro atoms. The van der Waals surface area contributed by atoms with Gasteiger partial charge in [-0.2, -0.15) is 0 Å². The molecule has 5 nitrogen and oxygen atoms in total. The number of rotatable bonds is 7. The third kappa shape index (κ3) is 4.10. The van der Waals surface area contributed by atoms with Crippen molar-refractivity contribution in [1.29, 1.82) is 0 Å². The van der Waals surface area contributed by atoms with Crippen LogP contribution in [0.3, 0.4) is 0 Å². The van der Waals surface area contributed by atoms with Crippen LogP contribution >= 0.6 is 11.8 Å². The summed E-state index contributed by atoms with van der Waals surface area (Å²) in [4.78, 5) is 38.7. The van der Waals surface area contributed by atoms with Gasteiger partial charge in [-0.3, -0.25) is 19.3 Å². The fourth-order valence-corrected chi connectivity index (χ4v) is 2.98. The van der Waals surface area contributed by atoms with Gasteiger partial charge < -0.3 is 4.90 Å². The molecule has 6 heteroatoms. The highest BCUT2D eigenvalue weighted by atomic mass is 32.2. The number of carbonyl (C=O) groups excluding carboxylic acids is 3. The molecule has 3 amide bonds. The van der Waals surface area contributed by atoms with Crippen LogP contribution in [0.4, 0.5) is 4.79 Å². The van der Waals surface area contributed by atoms with E-state index >= 15 is 0 Å². The lowest BCUT2D eigenvalue weighted by Gasteiger charge is -2.20. The van der Waals surface area contributed by atoms with Crippen LogP contribution in [0.2, 0.25) is 0 Å². The monoisotopic (exact) mass is 330 g/mol. The van der Waals surface area contributed by atoms with Crippen molar-refractivity contribution in [3.05, 3.63) is 60.7 Å². The van der Waals surface area contributed by atoms with Gasteiger partial charge in [-0.05, 0) is 17.7 Å². The van der Waals surface area contributed by atoms with Crippen LogP contribution in [0, 0.1) is 0 Å². The number of hydrogen-bond acceptors (Lipinski definition) is 4. The first-order valence-electron chi connectivity index (χ1n) is 7.14. The fraction of sp³-hybridized carbons (Fsp3) is 0.235. The van der Waals surface area contributed by atoms with Crippen LogP contribution in [0.5, 0.6) is 0 Å². The van der Waals surface area contributed by atoms with E-state index in [1.54, 1.807) is 41.3 Å². The van der Waals surface area contributed by atoms with Gasteiger partial charge in [-0.15, -0.1) is 13.2 Å². The standard InChI is InChI=1S/C17H18N2O3S/c1-3-8-18(9-4-2)16(21)14-7-5-6-13(10-14)11-19-15(20)12-23-17(19)22/h3-7,10H,1-2,8-9,11-12H2. The molecule has 1 aliphatic rings. The van der Waals surface area contributed by atoms with Crippen molar-refractivity contribution >= 4 is 28.8 Å². The Balaban J connectivity index is 2.16. The van der Waals surface area contributed by atoms with Crippen molar-refractivity contribution in [2.24, 2.45) is 0 Å². The first kappa shape index (κ1) is 17.0. The summed E-state index contributed by atoms with van der Waals surface area (Å²) < 4.78 is 0. The van der Waals surface area contributed by atoms with Gasteiger partial charge in [-0.1, -0.05) is 36.0 Å². The molecule has 0 aromatic heterocycles. The minimum atomic E-state index is -0.244. The summed E-state index contributed by atoms with van der Waals surface area (Å²) in [5, 5.41) is -0.244. The van der Waals surface area contributed by atoms with E-state index in [1.807, 2.05) is 0 Å². The molecule has 0 N–H and O–H groups in total.